The van der Waals surface area contributed by atoms with Crippen LogP contribution < -0.4 is 10.6 Å². The molecule has 0 aliphatic carbocycles. The Bertz CT molecular complexity index is 391. The molecule has 0 amide bonds. The maximum atomic E-state index is 11.6. The van der Waals surface area contributed by atoms with E-state index < -0.39 is 0 Å². The van der Waals surface area contributed by atoms with Crippen molar-refractivity contribution in [2.24, 2.45) is 0 Å². The number of nitrogens with one attached hydrogen (secondary N) is 2. The van der Waals surface area contributed by atoms with Crippen LogP contribution in [-0.4, -0.2) is 25.7 Å². The molecule has 1 heterocycles. The van der Waals surface area contributed by atoms with E-state index in [9.17, 15) is 4.79 Å². The van der Waals surface area contributed by atoms with Gasteiger partial charge in [-0.05, 0) is 24.6 Å². The van der Waals surface area contributed by atoms with Crippen molar-refractivity contribution in [2.45, 2.75) is 13.5 Å². The molecule has 0 unspecified atom stereocenters. The molecule has 1 aliphatic rings. The summed E-state index contributed by atoms with van der Waals surface area (Å²) in [5.74, 6) is -0.260. The Labute approximate surface area is 95.0 Å². The zero-order chi connectivity index (χ0) is 11.4. The Kier molecular flexibility index (Phi) is 3.41. The molecule has 0 fully saturated rings. The maximum Gasteiger partial charge on any atom is 0.338 e. The van der Waals surface area contributed by atoms with Crippen LogP contribution in [0.2, 0.25) is 0 Å². The molecule has 2 N–H and O–H groups in total. The van der Waals surface area contributed by atoms with Gasteiger partial charge in [-0.25, -0.2) is 4.79 Å². The van der Waals surface area contributed by atoms with E-state index in [4.69, 9.17) is 4.74 Å². The Balaban J connectivity index is 2.23. The fourth-order valence-electron chi connectivity index (χ4n) is 1.75. The van der Waals surface area contributed by atoms with Crippen LogP contribution >= 0.6 is 0 Å². The third kappa shape index (κ3) is 2.33. The minimum atomic E-state index is -0.260. The minimum Gasteiger partial charge on any atom is -0.462 e. The summed E-state index contributed by atoms with van der Waals surface area (Å²) in [7, 11) is 0. The summed E-state index contributed by atoms with van der Waals surface area (Å²) < 4.78 is 4.97. The van der Waals surface area contributed by atoms with E-state index in [1.54, 1.807) is 0 Å². The summed E-state index contributed by atoms with van der Waals surface area (Å²) in [4.78, 5) is 11.6. The molecule has 0 aromatic heterocycles. The van der Waals surface area contributed by atoms with Gasteiger partial charge >= 0.3 is 5.97 Å². The van der Waals surface area contributed by atoms with Crippen LogP contribution in [0, 0.1) is 0 Å². The van der Waals surface area contributed by atoms with Gasteiger partial charge < -0.3 is 15.4 Å². The van der Waals surface area contributed by atoms with Gasteiger partial charge in [-0.1, -0.05) is 6.07 Å². The van der Waals surface area contributed by atoms with Crippen molar-refractivity contribution in [1.82, 2.24) is 5.32 Å². The molecule has 0 saturated heterocycles. The van der Waals surface area contributed by atoms with Crippen LogP contribution in [-0.2, 0) is 11.3 Å². The van der Waals surface area contributed by atoms with Gasteiger partial charge in [-0.2, -0.15) is 0 Å². The van der Waals surface area contributed by atoms with Crippen LogP contribution in [0.15, 0.2) is 18.2 Å². The first-order chi connectivity index (χ1) is 7.81. The SMILES string of the molecule is CCOC(=O)c1ccc2c(c1)NCCNC2. The van der Waals surface area contributed by atoms with Gasteiger partial charge in [0.2, 0.25) is 0 Å². The topological polar surface area (TPSA) is 50.4 Å². The average molecular weight is 220 g/mol. The number of hydrogen-bond acceptors (Lipinski definition) is 4. The highest BCUT2D eigenvalue weighted by Gasteiger charge is 2.11. The lowest BCUT2D eigenvalue weighted by molar-refractivity contribution is 0.0526. The van der Waals surface area contributed by atoms with Gasteiger partial charge in [0.05, 0.1) is 12.2 Å². The van der Waals surface area contributed by atoms with Crippen molar-refractivity contribution in [3.8, 4) is 0 Å². The number of hydrogen-bond donors (Lipinski definition) is 2. The normalized spacial score (nSPS) is 14.6. The minimum absolute atomic E-state index is 0.260. The van der Waals surface area contributed by atoms with E-state index in [1.165, 1.54) is 5.56 Å². The van der Waals surface area contributed by atoms with E-state index >= 15 is 0 Å². The zero-order valence-electron chi connectivity index (χ0n) is 9.38. The second kappa shape index (κ2) is 4.99. The summed E-state index contributed by atoms with van der Waals surface area (Å²) in [5, 5.41) is 6.59. The molecule has 4 heteroatoms. The van der Waals surface area contributed by atoms with Gasteiger partial charge in [0.15, 0.2) is 0 Å². The summed E-state index contributed by atoms with van der Waals surface area (Å²) >= 11 is 0. The molecular formula is C12H16N2O2. The van der Waals surface area contributed by atoms with Crippen molar-refractivity contribution in [2.75, 3.05) is 25.0 Å². The lowest BCUT2D eigenvalue weighted by Gasteiger charge is -2.09. The van der Waals surface area contributed by atoms with E-state index in [0.717, 1.165) is 25.3 Å². The molecule has 16 heavy (non-hydrogen) atoms. The molecule has 4 nitrogen and oxygen atoms in total. The van der Waals surface area contributed by atoms with Crippen molar-refractivity contribution in [3.63, 3.8) is 0 Å². The monoisotopic (exact) mass is 220 g/mol. The van der Waals surface area contributed by atoms with Gasteiger partial charge in [0.25, 0.3) is 0 Å². The lowest BCUT2D eigenvalue weighted by atomic mass is 10.1. The maximum absolute atomic E-state index is 11.6. The number of ether oxygens (including phenoxy) is 1. The van der Waals surface area contributed by atoms with Crippen LogP contribution in [0.1, 0.15) is 22.8 Å². The van der Waals surface area contributed by atoms with Crippen molar-refractivity contribution < 1.29 is 9.53 Å². The molecular weight excluding hydrogens is 204 g/mol. The molecule has 1 aliphatic heterocycles. The smallest absolute Gasteiger partial charge is 0.338 e. The van der Waals surface area contributed by atoms with Crippen molar-refractivity contribution in [1.29, 1.82) is 0 Å². The number of carbonyl (C=O) groups is 1. The summed E-state index contributed by atoms with van der Waals surface area (Å²) in [6, 6.07) is 5.64. The number of benzene rings is 1. The molecule has 0 bridgehead atoms. The quantitative estimate of drug-likeness (QED) is 0.739. The average Bonchev–Trinajstić information content (AvgIpc) is 2.53. The Morgan fingerprint density at radius 2 is 2.31 bits per heavy atom. The number of carbonyl (C=O) groups excluding carboxylic acids is 1. The Hall–Kier alpha value is -1.55. The van der Waals surface area contributed by atoms with Crippen molar-refractivity contribution >= 4 is 11.7 Å². The Morgan fingerprint density at radius 3 is 3.12 bits per heavy atom. The fourth-order valence-corrected chi connectivity index (χ4v) is 1.75. The highest BCUT2D eigenvalue weighted by Crippen LogP contribution is 2.19. The molecule has 86 valence electrons. The van der Waals surface area contributed by atoms with Gasteiger partial charge in [0.1, 0.15) is 0 Å². The van der Waals surface area contributed by atoms with Gasteiger partial charge in [0, 0.05) is 25.3 Å². The number of anilines is 1. The highest BCUT2D eigenvalue weighted by atomic mass is 16.5. The van der Waals surface area contributed by atoms with E-state index in [-0.39, 0.29) is 5.97 Å². The van der Waals surface area contributed by atoms with Gasteiger partial charge in [-0.3, -0.25) is 0 Å². The number of rotatable bonds is 2. The largest absolute Gasteiger partial charge is 0.462 e. The van der Waals surface area contributed by atoms with E-state index in [0.29, 0.717) is 12.2 Å². The third-order valence-corrected chi connectivity index (χ3v) is 2.55. The number of esters is 1. The summed E-state index contributed by atoms with van der Waals surface area (Å²) in [5.41, 5.74) is 2.82. The van der Waals surface area contributed by atoms with E-state index in [2.05, 4.69) is 10.6 Å². The molecule has 2 rings (SSSR count). The molecule has 0 saturated carbocycles. The lowest BCUT2D eigenvalue weighted by Crippen LogP contribution is -2.16. The second-order valence-corrected chi connectivity index (χ2v) is 3.70. The standard InChI is InChI=1S/C12H16N2O2/c1-2-16-12(15)9-3-4-10-8-13-5-6-14-11(10)7-9/h3-4,7,13-14H,2,5-6,8H2,1H3. The first-order valence-electron chi connectivity index (χ1n) is 5.56. The first-order valence-corrected chi connectivity index (χ1v) is 5.56. The van der Waals surface area contributed by atoms with Crippen molar-refractivity contribution in [3.05, 3.63) is 29.3 Å². The molecule has 0 radical (unpaired) electrons. The summed E-state index contributed by atoms with van der Waals surface area (Å²) in [6.07, 6.45) is 0. The van der Waals surface area contributed by atoms with Crippen LogP contribution in [0.25, 0.3) is 0 Å². The zero-order valence-corrected chi connectivity index (χ0v) is 9.38. The first kappa shape index (κ1) is 11.0. The molecule has 0 atom stereocenters. The Morgan fingerprint density at radius 1 is 1.44 bits per heavy atom. The fraction of sp³-hybridized carbons (Fsp3) is 0.417. The molecule has 0 spiro atoms. The van der Waals surface area contributed by atoms with Gasteiger partial charge in [-0.15, -0.1) is 0 Å². The molecule has 1 aromatic rings. The van der Waals surface area contributed by atoms with Crippen LogP contribution in [0.5, 0.6) is 0 Å². The predicted octanol–water partition coefficient (Wildman–Crippen LogP) is 1.38. The highest BCUT2D eigenvalue weighted by molar-refractivity contribution is 5.90. The molecule has 1 aromatic carbocycles. The second-order valence-electron chi connectivity index (χ2n) is 3.70. The third-order valence-electron chi connectivity index (χ3n) is 2.55. The van der Waals surface area contributed by atoms with Crippen LogP contribution in [0.3, 0.4) is 0 Å². The van der Waals surface area contributed by atoms with Crippen LogP contribution in [0.4, 0.5) is 5.69 Å². The number of fused-ring (bicyclic) bond motifs is 1. The predicted molar refractivity (Wildman–Crippen MR) is 62.6 cm³/mol. The van der Waals surface area contributed by atoms with E-state index in [1.807, 2.05) is 25.1 Å². The summed E-state index contributed by atoms with van der Waals surface area (Å²) in [6.45, 7) is 4.86.